The van der Waals surface area contributed by atoms with Crippen LogP contribution >= 0.6 is 0 Å². The van der Waals surface area contributed by atoms with E-state index in [1.807, 2.05) is 6.92 Å². The van der Waals surface area contributed by atoms with Gasteiger partial charge in [0.15, 0.2) is 5.69 Å². The molecule has 7 nitrogen and oxygen atoms in total. The molecule has 0 aliphatic rings. The standard InChI is InChI=1S/C12H13N5O2S/c1-3-9-11(8-17(2)15-9)16-20(18,19)12-5-4-6-14-10(12)7-13/h4-6,8,16H,3H2,1-2H3. The maximum Gasteiger partial charge on any atom is 0.264 e. The first kappa shape index (κ1) is 14.0. The molecule has 0 saturated heterocycles. The SMILES string of the molecule is CCc1nn(C)cc1NS(=O)(=O)c1cccnc1C#N. The van der Waals surface area contributed by atoms with Gasteiger partial charge in [-0.3, -0.25) is 9.40 Å². The van der Waals surface area contributed by atoms with Crippen molar-refractivity contribution in [1.82, 2.24) is 14.8 Å². The van der Waals surface area contributed by atoms with Gasteiger partial charge in [0.2, 0.25) is 0 Å². The zero-order valence-corrected chi connectivity index (χ0v) is 11.8. The molecule has 0 bridgehead atoms. The fraction of sp³-hybridized carbons (Fsp3) is 0.250. The monoisotopic (exact) mass is 291 g/mol. The summed E-state index contributed by atoms with van der Waals surface area (Å²) in [5.41, 5.74) is 0.906. The van der Waals surface area contributed by atoms with E-state index in [1.165, 1.54) is 23.0 Å². The van der Waals surface area contributed by atoms with Crippen LogP contribution < -0.4 is 4.72 Å². The number of nitrogens with one attached hydrogen (secondary N) is 1. The summed E-state index contributed by atoms with van der Waals surface area (Å²) >= 11 is 0. The van der Waals surface area contributed by atoms with Crippen LogP contribution in [0.4, 0.5) is 5.69 Å². The Bertz CT molecular complexity index is 773. The minimum atomic E-state index is -3.86. The molecule has 2 heterocycles. The molecule has 0 spiro atoms. The summed E-state index contributed by atoms with van der Waals surface area (Å²) in [5.74, 6) is 0. The van der Waals surface area contributed by atoms with Crippen molar-refractivity contribution in [2.24, 2.45) is 7.05 Å². The molecule has 2 rings (SSSR count). The Balaban J connectivity index is 2.44. The van der Waals surface area contributed by atoms with Crippen molar-refractivity contribution >= 4 is 15.7 Å². The van der Waals surface area contributed by atoms with Crippen LogP contribution in [-0.4, -0.2) is 23.2 Å². The largest absolute Gasteiger partial charge is 0.276 e. The van der Waals surface area contributed by atoms with Crippen LogP contribution in [0.25, 0.3) is 0 Å². The lowest BCUT2D eigenvalue weighted by Crippen LogP contribution is -2.15. The van der Waals surface area contributed by atoms with Crippen LogP contribution in [0.15, 0.2) is 29.4 Å². The second-order valence-electron chi connectivity index (χ2n) is 4.08. The van der Waals surface area contributed by atoms with Crippen molar-refractivity contribution in [3.63, 3.8) is 0 Å². The highest BCUT2D eigenvalue weighted by atomic mass is 32.2. The molecule has 104 valence electrons. The average Bonchev–Trinajstić information content (AvgIpc) is 2.77. The number of sulfonamides is 1. The molecule has 20 heavy (non-hydrogen) atoms. The fourth-order valence-electron chi connectivity index (χ4n) is 1.77. The van der Waals surface area contributed by atoms with Gasteiger partial charge >= 0.3 is 0 Å². The molecule has 0 atom stereocenters. The van der Waals surface area contributed by atoms with Crippen molar-refractivity contribution in [2.75, 3.05) is 4.72 Å². The lowest BCUT2D eigenvalue weighted by atomic mass is 10.3. The van der Waals surface area contributed by atoms with E-state index in [1.54, 1.807) is 19.3 Å². The normalized spacial score (nSPS) is 11.1. The first-order valence-corrected chi connectivity index (χ1v) is 7.36. The number of aromatic nitrogens is 3. The van der Waals surface area contributed by atoms with Crippen molar-refractivity contribution < 1.29 is 8.42 Å². The molecule has 8 heteroatoms. The van der Waals surface area contributed by atoms with Gasteiger partial charge in [-0.25, -0.2) is 13.4 Å². The third-order valence-corrected chi connectivity index (χ3v) is 4.05. The van der Waals surface area contributed by atoms with Gasteiger partial charge in [0.25, 0.3) is 10.0 Å². The molecule has 0 aliphatic carbocycles. The average molecular weight is 291 g/mol. The number of nitriles is 1. The molecule has 0 aliphatic heterocycles. The molecule has 0 saturated carbocycles. The van der Waals surface area contributed by atoms with E-state index in [0.717, 1.165) is 0 Å². The fourth-order valence-corrected chi connectivity index (χ4v) is 2.95. The van der Waals surface area contributed by atoms with Crippen molar-refractivity contribution in [3.05, 3.63) is 35.9 Å². The summed E-state index contributed by atoms with van der Waals surface area (Å²) in [4.78, 5) is 3.61. The van der Waals surface area contributed by atoms with E-state index in [2.05, 4.69) is 14.8 Å². The summed E-state index contributed by atoms with van der Waals surface area (Å²) in [6.45, 7) is 1.88. The highest BCUT2D eigenvalue weighted by Gasteiger charge is 2.21. The smallest absolute Gasteiger partial charge is 0.264 e. The summed E-state index contributed by atoms with van der Waals surface area (Å²) in [5, 5.41) is 13.1. The Labute approximate surface area is 116 Å². The molecule has 1 N–H and O–H groups in total. The van der Waals surface area contributed by atoms with Gasteiger partial charge in [0.1, 0.15) is 11.0 Å². The Morgan fingerprint density at radius 3 is 2.90 bits per heavy atom. The van der Waals surface area contributed by atoms with Gasteiger partial charge < -0.3 is 0 Å². The van der Waals surface area contributed by atoms with E-state index in [4.69, 9.17) is 5.26 Å². The third kappa shape index (κ3) is 2.62. The quantitative estimate of drug-likeness (QED) is 0.907. The number of rotatable bonds is 4. The van der Waals surface area contributed by atoms with E-state index in [-0.39, 0.29) is 10.6 Å². The molecule has 2 aromatic rings. The van der Waals surface area contributed by atoms with Gasteiger partial charge in [-0.2, -0.15) is 10.4 Å². The van der Waals surface area contributed by atoms with Crippen molar-refractivity contribution in [1.29, 1.82) is 5.26 Å². The van der Waals surface area contributed by atoms with Crippen LogP contribution in [0.3, 0.4) is 0 Å². The molecular formula is C12H13N5O2S. The lowest BCUT2D eigenvalue weighted by Gasteiger charge is -2.07. The number of hydrogen-bond acceptors (Lipinski definition) is 5. The predicted octanol–water partition coefficient (Wildman–Crippen LogP) is 1.05. The summed E-state index contributed by atoms with van der Waals surface area (Å²) in [6, 6.07) is 4.58. The molecule has 2 aromatic heterocycles. The van der Waals surface area contributed by atoms with Crippen LogP contribution in [0, 0.1) is 11.3 Å². The number of hydrogen-bond donors (Lipinski definition) is 1. The second kappa shape index (κ2) is 5.30. The summed E-state index contributed by atoms with van der Waals surface area (Å²) in [6.07, 6.45) is 3.55. The highest BCUT2D eigenvalue weighted by Crippen LogP contribution is 2.20. The van der Waals surface area contributed by atoms with E-state index in [0.29, 0.717) is 17.8 Å². The molecular weight excluding hydrogens is 278 g/mol. The number of nitrogens with zero attached hydrogens (tertiary/aromatic N) is 4. The van der Waals surface area contributed by atoms with Gasteiger partial charge in [-0.05, 0) is 18.6 Å². The first-order chi connectivity index (χ1) is 9.47. The van der Waals surface area contributed by atoms with Gasteiger partial charge in [-0.15, -0.1) is 0 Å². The highest BCUT2D eigenvalue weighted by molar-refractivity contribution is 7.92. The first-order valence-electron chi connectivity index (χ1n) is 5.88. The Hall–Kier alpha value is -2.40. The number of pyridine rings is 1. The van der Waals surface area contributed by atoms with E-state index >= 15 is 0 Å². The van der Waals surface area contributed by atoms with Gasteiger partial charge in [-0.1, -0.05) is 6.92 Å². The zero-order valence-electron chi connectivity index (χ0n) is 11.0. The minimum Gasteiger partial charge on any atom is -0.276 e. The molecule has 0 fully saturated rings. The van der Waals surface area contributed by atoms with Crippen LogP contribution in [0.1, 0.15) is 18.3 Å². The predicted molar refractivity (Wildman–Crippen MR) is 72.3 cm³/mol. The zero-order chi connectivity index (χ0) is 14.8. The second-order valence-corrected chi connectivity index (χ2v) is 5.73. The molecule has 0 amide bonds. The van der Waals surface area contributed by atoms with Crippen LogP contribution in [0.5, 0.6) is 0 Å². The molecule has 0 radical (unpaired) electrons. The Morgan fingerprint density at radius 1 is 1.50 bits per heavy atom. The summed E-state index contributed by atoms with van der Waals surface area (Å²) in [7, 11) is -2.15. The van der Waals surface area contributed by atoms with Gasteiger partial charge in [0, 0.05) is 19.4 Å². The van der Waals surface area contributed by atoms with Crippen molar-refractivity contribution in [2.45, 2.75) is 18.2 Å². The Kier molecular flexibility index (Phi) is 3.72. The maximum atomic E-state index is 12.3. The van der Waals surface area contributed by atoms with Gasteiger partial charge in [0.05, 0.1) is 11.4 Å². The third-order valence-electron chi connectivity index (χ3n) is 2.65. The molecule has 0 aromatic carbocycles. The lowest BCUT2D eigenvalue weighted by molar-refractivity contribution is 0.600. The minimum absolute atomic E-state index is 0.137. The van der Waals surface area contributed by atoms with E-state index in [9.17, 15) is 8.42 Å². The molecule has 0 unspecified atom stereocenters. The maximum absolute atomic E-state index is 12.3. The topological polar surface area (TPSA) is 101 Å². The number of aryl methyl sites for hydroxylation is 2. The number of anilines is 1. The van der Waals surface area contributed by atoms with Crippen molar-refractivity contribution in [3.8, 4) is 6.07 Å². The van der Waals surface area contributed by atoms with Crippen LogP contribution in [-0.2, 0) is 23.5 Å². The summed E-state index contributed by atoms with van der Waals surface area (Å²) < 4.78 is 28.6. The Morgan fingerprint density at radius 2 is 2.25 bits per heavy atom. The van der Waals surface area contributed by atoms with Crippen LogP contribution in [0.2, 0.25) is 0 Å². The van der Waals surface area contributed by atoms with E-state index < -0.39 is 10.0 Å².